The van der Waals surface area contributed by atoms with Crippen LogP contribution in [0.2, 0.25) is 4.44 Å². The van der Waals surface area contributed by atoms with Gasteiger partial charge in [0.15, 0.2) is 0 Å². The molecule has 6 nitrogen and oxygen atoms in total. The molecule has 2 radical (unpaired) electrons. The van der Waals surface area contributed by atoms with Gasteiger partial charge in [0.1, 0.15) is 0 Å². The molecule has 0 unspecified atom stereocenters. The van der Waals surface area contributed by atoms with Crippen molar-refractivity contribution in [3.05, 3.63) is 0 Å². The number of carbonyl (C=O) groups is 3. The molecule has 0 aromatic rings. The standard InChI is InChI=1S/C4H9.3C3H6O2.Sn.H/c1-3-4-2;3*1-2-3(4)5;;/h1,3-4H2,2H3;3*2H2,1H3,(H,4,5);;. The number of unbranched alkanes of at least 4 members (excludes halogenated alkanes) is 1. The van der Waals surface area contributed by atoms with Crippen LogP contribution in [0.15, 0.2) is 0 Å². The Morgan fingerprint density at radius 3 is 0.950 bits per heavy atom. The Labute approximate surface area is 134 Å². The molecule has 20 heavy (non-hydrogen) atoms. The fraction of sp³-hybridized carbons (Fsp3) is 0.769. The van der Waals surface area contributed by atoms with Crippen molar-refractivity contribution >= 4 is 40.4 Å². The second-order valence-corrected chi connectivity index (χ2v) is 5.03. The van der Waals surface area contributed by atoms with Crippen LogP contribution >= 0.6 is 0 Å². The average molecular weight is 399 g/mol. The predicted molar refractivity (Wildman–Crippen MR) is 80.6 cm³/mol. The Balaban J connectivity index is -0.0000000853. The fourth-order valence-corrected chi connectivity index (χ4v) is 1.37. The molecule has 0 aromatic heterocycles. The van der Waals surface area contributed by atoms with Gasteiger partial charge in [-0.3, -0.25) is 14.4 Å². The summed E-state index contributed by atoms with van der Waals surface area (Å²) in [4.78, 5) is 28.1. The van der Waals surface area contributed by atoms with Gasteiger partial charge in [-0.1, -0.05) is 20.8 Å². The zero-order valence-corrected chi connectivity index (χ0v) is 16.2. The van der Waals surface area contributed by atoms with E-state index in [1.807, 2.05) is 0 Å². The molecule has 0 atom stereocenters. The molecule has 0 rings (SSSR count). The van der Waals surface area contributed by atoms with Gasteiger partial charge in [0.2, 0.25) is 0 Å². The van der Waals surface area contributed by atoms with Gasteiger partial charge in [-0.05, 0) is 0 Å². The van der Waals surface area contributed by atoms with Gasteiger partial charge in [0.05, 0.1) is 0 Å². The van der Waals surface area contributed by atoms with E-state index in [1.54, 1.807) is 20.8 Å². The molecule has 0 spiro atoms. The molecule has 0 bridgehead atoms. The summed E-state index contributed by atoms with van der Waals surface area (Å²) in [5.41, 5.74) is 0. The van der Waals surface area contributed by atoms with Gasteiger partial charge >= 0.3 is 64.6 Å². The van der Waals surface area contributed by atoms with Crippen molar-refractivity contribution in [3.8, 4) is 0 Å². The molecule has 120 valence electrons. The minimum atomic E-state index is -0.745. The van der Waals surface area contributed by atoms with E-state index >= 15 is 0 Å². The summed E-state index contributed by atoms with van der Waals surface area (Å²) in [5, 5.41) is 23.2. The third kappa shape index (κ3) is 87.0. The molecule has 0 heterocycles. The van der Waals surface area contributed by atoms with E-state index in [2.05, 4.69) is 6.92 Å². The molecular weight excluding hydrogens is 371 g/mol. The molecule has 0 aliphatic heterocycles. The van der Waals surface area contributed by atoms with Crippen molar-refractivity contribution < 1.29 is 29.7 Å². The Morgan fingerprint density at radius 2 is 0.950 bits per heavy atom. The minimum absolute atomic E-state index is 0.222. The maximum absolute atomic E-state index is 9.37. The van der Waals surface area contributed by atoms with Crippen LogP contribution in [0.4, 0.5) is 0 Å². The molecule has 7 heteroatoms. The molecule has 0 amide bonds. The van der Waals surface area contributed by atoms with Crippen LogP contribution in [0.3, 0.4) is 0 Å². The number of carboxylic acid groups (broad SMARTS) is 3. The third-order valence-electron chi connectivity index (χ3n) is 1.47. The molecule has 0 aromatic carbocycles. The van der Waals surface area contributed by atoms with Crippen LogP contribution in [0, 0.1) is 0 Å². The monoisotopic (exact) mass is 400 g/mol. The van der Waals surface area contributed by atoms with Crippen LogP contribution in [0.5, 0.6) is 0 Å². The van der Waals surface area contributed by atoms with E-state index in [0.29, 0.717) is 0 Å². The van der Waals surface area contributed by atoms with E-state index in [9.17, 15) is 14.4 Å². The third-order valence-corrected chi connectivity index (χ3v) is 2.63. The molecule has 0 saturated heterocycles. The summed E-state index contributed by atoms with van der Waals surface area (Å²) in [5.74, 6) is -2.24. The zero-order chi connectivity index (χ0) is 17.0. The van der Waals surface area contributed by atoms with Crippen molar-refractivity contribution in [3.63, 3.8) is 0 Å². The number of aliphatic carboxylic acids is 3. The summed E-state index contributed by atoms with van der Waals surface area (Å²) in [7, 11) is 0. The van der Waals surface area contributed by atoms with E-state index in [0.717, 1.165) is 0 Å². The second-order valence-electron chi connectivity index (χ2n) is 3.38. The van der Waals surface area contributed by atoms with Crippen molar-refractivity contribution in [2.45, 2.75) is 64.2 Å². The summed E-state index contributed by atoms with van der Waals surface area (Å²) in [6.45, 7) is 7.03. The summed E-state index contributed by atoms with van der Waals surface area (Å²) >= 11 is 1.45. The summed E-state index contributed by atoms with van der Waals surface area (Å²) in [6, 6.07) is 0. The Morgan fingerprint density at radius 1 is 0.750 bits per heavy atom. The quantitative estimate of drug-likeness (QED) is 0.613. The molecule has 0 aliphatic carbocycles. The first kappa shape index (κ1) is 27.5. The number of hydrogen-bond acceptors (Lipinski definition) is 3. The van der Waals surface area contributed by atoms with Crippen LogP contribution in [0.25, 0.3) is 0 Å². The zero-order valence-electron chi connectivity index (χ0n) is 12.9. The van der Waals surface area contributed by atoms with Crippen molar-refractivity contribution in [1.29, 1.82) is 0 Å². The van der Waals surface area contributed by atoms with Gasteiger partial charge in [0, 0.05) is 19.3 Å². The van der Waals surface area contributed by atoms with E-state index < -0.39 is 17.9 Å². The first-order valence-corrected chi connectivity index (χ1v) is 8.91. The van der Waals surface area contributed by atoms with E-state index in [1.165, 1.54) is 39.8 Å². The number of hydrogen-bond donors (Lipinski definition) is 3. The normalized spacial score (nSPS) is 7.65. The molecule has 0 aliphatic rings. The summed E-state index contributed by atoms with van der Waals surface area (Å²) in [6.07, 6.45) is 3.49. The SMILES string of the molecule is CCC(=O)O.CCC(=O)O.CCC(=O)O.CCC[CH2][SnH]. The molecule has 0 saturated carbocycles. The Bertz CT molecular complexity index is 196. The van der Waals surface area contributed by atoms with Crippen LogP contribution < -0.4 is 0 Å². The van der Waals surface area contributed by atoms with Gasteiger partial charge in [0.25, 0.3) is 0 Å². The first-order chi connectivity index (χ1) is 9.22. The number of carboxylic acids is 3. The van der Waals surface area contributed by atoms with Crippen molar-refractivity contribution in [2.75, 3.05) is 0 Å². The van der Waals surface area contributed by atoms with Gasteiger partial charge in [-0.15, -0.1) is 0 Å². The van der Waals surface area contributed by atoms with Crippen molar-refractivity contribution in [2.24, 2.45) is 0 Å². The van der Waals surface area contributed by atoms with E-state index in [4.69, 9.17) is 15.3 Å². The maximum atomic E-state index is 9.37. The average Bonchev–Trinajstić information content (AvgIpc) is 2.41. The Hall–Kier alpha value is -0.791. The second kappa shape index (κ2) is 26.7. The molecule has 0 fully saturated rings. The van der Waals surface area contributed by atoms with Crippen LogP contribution in [-0.2, 0) is 14.4 Å². The first-order valence-electron chi connectivity index (χ1n) is 6.58. The summed E-state index contributed by atoms with van der Waals surface area (Å²) < 4.78 is 1.47. The van der Waals surface area contributed by atoms with Gasteiger partial charge < -0.3 is 15.3 Å². The Kier molecular flexibility index (Phi) is 36.8. The topological polar surface area (TPSA) is 112 Å². The van der Waals surface area contributed by atoms with Crippen LogP contribution in [-0.4, -0.2) is 55.8 Å². The molecular formula is C13H28O6Sn. The van der Waals surface area contributed by atoms with Gasteiger partial charge in [-0.25, -0.2) is 0 Å². The van der Waals surface area contributed by atoms with E-state index in [-0.39, 0.29) is 19.3 Å². The van der Waals surface area contributed by atoms with Gasteiger partial charge in [-0.2, -0.15) is 0 Å². The predicted octanol–water partition coefficient (Wildman–Crippen LogP) is 2.55. The van der Waals surface area contributed by atoms with Crippen molar-refractivity contribution in [1.82, 2.24) is 0 Å². The fourth-order valence-electron chi connectivity index (χ4n) is 0.204. The van der Waals surface area contributed by atoms with Crippen LogP contribution in [0.1, 0.15) is 59.8 Å². The number of rotatable bonds is 5. The molecule has 3 N–H and O–H groups in total.